The van der Waals surface area contributed by atoms with Crippen LogP contribution in [0.25, 0.3) is 6.08 Å². The molecular weight excluding hydrogens is 272 g/mol. The lowest BCUT2D eigenvalue weighted by atomic mass is 9.96. The van der Waals surface area contributed by atoms with Gasteiger partial charge in [0.05, 0.1) is 6.10 Å². The van der Waals surface area contributed by atoms with Gasteiger partial charge in [-0.25, -0.2) is 0 Å². The number of piperidine rings is 1. The van der Waals surface area contributed by atoms with E-state index < -0.39 is 0 Å². The van der Waals surface area contributed by atoms with Crippen molar-refractivity contribution >= 4 is 6.08 Å². The molecule has 0 bridgehead atoms. The number of likely N-dealkylation sites (N-methyl/N-ethyl adjacent to an activating group) is 1. The van der Waals surface area contributed by atoms with Gasteiger partial charge < -0.3 is 14.9 Å². The highest BCUT2D eigenvalue weighted by molar-refractivity contribution is 5.48. The standard InChI is InChI=1S/C19H30N2O/c1-17(22)15-21-13-10-19(11-14-21)16-20(2)12-6-9-18-7-4-3-5-8-18/h3-9,17,19,22H,10-16H2,1-2H3/b9-6-/t17-/m1/s1. The van der Waals surface area contributed by atoms with Gasteiger partial charge in [0, 0.05) is 19.6 Å². The first-order valence-corrected chi connectivity index (χ1v) is 8.44. The number of likely N-dealkylation sites (tertiary alicyclic amines) is 1. The third-order valence-corrected chi connectivity index (χ3v) is 4.33. The predicted octanol–water partition coefficient (Wildman–Crippen LogP) is 2.72. The van der Waals surface area contributed by atoms with Crippen molar-refractivity contribution in [2.24, 2.45) is 5.92 Å². The Morgan fingerprint density at radius 3 is 2.59 bits per heavy atom. The minimum absolute atomic E-state index is 0.206. The van der Waals surface area contributed by atoms with E-state index in [1.807, 2.05) is 13.0 Å². The summed E-state index contributed by atoms with van der Waals surface area (Å²) >= 11 is 0. The van der Waals surface area contributed by atoms with Gasteiger partial charge in [0.2, 0.25) is 0 Å². The van der Waals surface area contributed by atoms with Crippen molar-refractivity contribution in [3.05, 3.63) is 42.0 Å². The topological polar surface area (TPSA) is 26.7 Å². The lowest BCUT2D eigenvalue weighted by Crippen LogP contribution is -2.40. The fourth-order valence-corrected chi connectivity index (χ4v) is 3.17. The van der Waals surface area contributed by atoms with Gasteiger partial charge in [-0.3, -0.25) is 0 Å². The molecule has 1 saturated heterocycles. The second-order valence-corrected chi connectivity index (χ2v) is 6.63. The van der Waals surface area contributed by atoms with Gasteiger partial charge in [0.1, 0.15) is 0 Å². The molecule has 0 saturated carbocycles. The van der Waals surface area contributed by atoms with Gasteiger partial charge in [0.25, 0.3) is 0 Å². The van der Waals surface area contributed by atoms with E-state index in [-0.39, 0.29) is 6.10 Å². The first kappa shape index (κ1) is 17.2. The number of nitrogens with zero attached hydrogens (tertiary/aromatic N) is 2. The molecule has 0 spiro atoms. The van der Waals surface area contributed by atoms with Gasteiger partial charge in [-0.1, -0.05) is 42.5 Å². The molecular formula is C19H30N2O. The Bertz CT molecular complexity index is 436. The maximum absolute atomic E-state index is 9.45. The number of hydrogen-bond donors (Lipinski definition) is 1. The van der Waals surface area contributed by atoms with E-state index >= 15 is 0 Å². The number of β-amino-alcohol motifs (C(OH)–C–C–N with tert-alkyl or cyclic N) is 1. The SMILES string of the molecule is C[C@@H](O)CN1CCC(CN(C)C/C=C\c2ccccc2)CC1. The molecule has 0 aliphatic carbocycles. The monoisotopic (exact) mass is 302 g/mol. The van der Waals surface area contributed by atoms with Crippen LogP contribution in [0, 0.1) is 5.92 Å². The molecule has 1 aromatic carbocycles. The first-order valence-electron chi connectivity index (χ1n) is 8.44. The van der Waals surface area contributed by atoms with Gasteiger partial charge in [-0.2, -0.15) is 0 Å². The Balaban J connectivity index is 1.65. The van der Waals surface area contributed by atoms with Crippen LogP contribution in [0.1, 0.15) is 25.3 Å². The molecule has 122 valence electrons. The number of aliphatic hydroxyl groups excluding tert-OH is 1. The van der Waals surface area contributed by atoms with Crippen molar-refractivity contribution in [3.8, 4) is 0 Å². The summed E-state index contributed by atoms with van der Waals surface area (Å²) in [7, 11) is 2.21. The Labute approximate surface area is 135 Å². The molecule has 0 aromatic heterocycles. The van der Waals surface area contributed by atoms with Crippen LogP contribution in [0.5, 0.6) is 0 Å². The quantitative estimate of drug-likeness (QED) is 0.839. The summed E-state index contributed by atoms with van der Waals surface area (Å²) in [5.41, 5.74) is 1.27. The van der Waals surface area contributed by atoms with Crippen molar-refractivity contribution in [3.63, 3.8) is 0 Å². The van der Waals surface area contributed by atoms with Gasteiger partial charge >= 0.3 is 0 Å². The number of aliphatic hydroxyl groups is 1. The fourth-order valence-electron chi connectivity index (χ4n) is 3.17. The maximum atomic E-state index is 9.45. The first-order chi connectivity index (χ1) is 10.6. The van der Waals surface area contributed by atoms with Crippen LogP contribution < -0.4 is 0 Å². The highest BCUT2D eigenvalue weighted by Crippen LogP contribution is 2.18. The molecule has 0 radical (unpaired) electrons. The van der Waals surface area contributed by atoms with Crippen molar-refractivity contribution in [2.75, 3.05) is 39.8 Å². The normalized spacial score (nSPS) is 19.1. The van der Waals surface area contributed by atoms with Gasteiger partial charge in [-0.05, 0) is 51.4 Å². The minimum atomic E-state index is -0.206. The minimum Gasteiger partial charge on any atom is -0.392 e. The Morgan fingerprint density at radius 1 is 1.27 bits per heavy atom. The number of rotatable bonds is 7. The van der Waals surface area contributed by atoms with E-state index in [0.717, 1.165) is 32.1 Å². The van der Waals surface area contributed by atoms with Crippen LogP contribution in [0.3, 0.4) is 0 Å². The lowest BCUT2D eigenvalue weighted by Gasteiger charge is -2.34. The summed E-state index contributed by atoms with van der Waals surface area (Å²) in [4.78, 5) is 4.80. The molecule has 3 nitrogen and oxygen atoms in total. The molecule has 0 amide bonds. The van der Waals surface area contributed by atoms with Crippen molar-refractivity contribution in [1.82, 2.24) is 9.80 Å². The predicted molar refractivity (Wildman–Crippen MR) is 93.8 cm³/mol. The third-order valence-electron chi connectivity index (χ3n) is 4.33. The van der Waals surface area contributed by atoms with Crippen LogP contribution in [-0.2, 0) is 0 Å². The fraction of sp³-hybridized carbons (Fsp3) is 0.579. The van der Waals surface area contributed by atoms with Crippen molar-refractivity contribution < 1.29 is 5.11 Å². The summed E-state index contributed by atoms with van der Waals surface area (Å²) in [5.74, 6) is 0.792. The zero-order chi connectivity index (χ0) is 15.8. The Kier molecular flexibility index (Phi) is 7.10. The van der Waals surface area contributed by atoms with E-state index in [4.69, 9.17) is 0 Å². The van der Waals surface area contributed by atoms with Crippen LogP contribution in [0.15, 0.2) is 36.4 Å². The van der Waals surface area contributed by atoms with Gasteiger partial charge in [-0.15, -0.1) is 0 Å². The molecule has 1 N–H and O–H groups in total. The van der Waals surface area contributed by atoms with E-state index in [1.165, 1.54) is 24.9 Å². The lowest BCUT2D eigenvalue weighted by molar-refractivity contribution is 0.0936. The highest BCUT2D eigenvalue weighted by atomic mass is 16.3. The molecule has 0 unspecified atom stereocenters. The Hall–Kier alpha value is -1.16. The highest BCUT2D eigenvalue weighted by Gasteiger charge is 2.20. The summed E-state index contributed by atoms with van der Waals surface area (Å²) in [6.07, 6.45) is 6.74. The summed E-state index contributed by atoms with van der Waals surface area (Å²) in [6, 6.07) is 10.5. The van der Waals surface area contributed by atoms with Crippen LogP contribution in [-0.4, -0.2) is 60.8 Å². The van der Waals surface area contributed by atoms with Crippen LogP contribution >= 0.6 is 0 Å². The summed E-state index contributed by atoms with van der Waals surface area (Å²) in [6.45, 7) is 7.12. The van der Waals surface area contributed by atoms with Crippen LogP contribution in [0.2, 0.25) is 0 Å². The van der Waals surface area contributed by atoms with E-state index in [0.29, 0.717) is 0 Å². The maximum Gasteiger partial charge on any atom is 0.0639 e. The van der Waals surface area contributed by atoms with E-state index in [2.05, 4.69) is 53.3 Å². The van der Waals surface area contributed by atoms with Gasteiger partial charge in [0.15, 0.2) is 0 Å². The van der Waals surface area contributed by atoms with Crippen LogP contribution in [0.4, 0.5) is 0 Å². The average Bonchev–Trinajstić information content (AvgIpc) is 2.50. The second kappa shape index (κ2) is 9.09. The largest absolute Gasteiger partial charge is 0.392 e. The van der Waals surface area contributed by atoms with E-state index in [9.17, 15) is 5.11 Å². The zero-order valence-corrected chi connectivity index (χ0v) is 14.0. The third kappa shape index (κ3) is 6.30. The summed E-state index contributed by atoms with van der Waals surface area (Å²) < 4.78 is 0. The zero-order valence-electron chi connectivity index (χ0n) is 14.0. The van der Waals surface area contributed by atoms with Crippen molar-refractivity contribution in [2.45, 2.75) is 25.9 Å². The molecule has 1 heterocycles. The molecule has 3 heteroatoms. The number of benzene rings is 1. The van der Waals surface area contributed by atoms with E-state index in [1.54, 1.807) is 0 Å². The molecule has 2 rings (SSSR count). The molecule has 1 atom stereocenters. The number of hydrogen-bond acceptors (Lipinski definition) is 3. The Morgan fingerprint density at radius 2 is 1.95 bits per heavy atom. The molecule has 22 heavy (non-hydrogen) atoms. The average molecular weight is 302 g/mol. The molecule has 1 aliphatic heterocycles. The second-order valence-electron chi connectivity index (χ2n) is 6.63. The smallest absolute Gasteiger partial charge is 0.0639 e. The van der Waals surface area contributed by atoms with Crippen molar-refractivity contribution in [1.29, 1.82) is 0 Å². The molecule has 1 aliphatic rings. The molecule has 1 aromatic rings. The summed E-state index contributed by atoms with van der Waals surface area (Å²) in [5, 5.41) is 9.45. The molecule has 1 fully saturated rings.